The van der Waals surface area contributed by atoms with Gasteiger partial charge in [0.1, 0.15) is 0 Å². The summed E-state index contributed by atoms with van der Waals surface area (Å²) in [7, 11) is 3.98. The molecule has 1 aromatic rings. The molecule has 1 rings (SSSR count). The molecule has 1 aromatic heterocycles. The molecule has 0 aromatic carbocycles. The summed E-state index contributed by atoms with van der Waals surface area (Å²) < 4.78 is 0. The fourth-order valence-corrected chi connectivity index (χ4v) is 1.51. The van der Waals surface area contributed by atoms with Gasteiger partial charge < -0.3 is 10.2 Å². The van der Waals surface area contributed by atoms with Crippen LogP contribution >= 0.6 is 0 Å². The summed E-state index contributed by atoms with van der Waals surface area (Å²) in [4.78, 5) is 11.2. The van der Waals surface area contributed by atoms with Crippen LogP contribution < -0.4 is 10.2 Å². The fraction of sp³-hybridized carbons (Fsp3) is 0.692. The molecule has 0 amide bonds. The zero-order chi connectivity index (χ0) is 13.1. The van der Waals surface area contributed by atoms with Crippen molar-refractivity contribution in [3.05, 3.63) is 17.5 Å². The summed E-state index contributed by atoms with van der Waals surface area (Å²) in [6, 6.07) is 0. The first kappa shape index (κ1) is 13.9. The van der Waals surface area contributed by atoms with Crippen LogP contribution in [0, 0.1) is 6.92 Å². The van der Waals surface area contributed by atoms with E-state index in [9.17, 15) is 0 Å². The smallest absolute Gasteiger partial charge is 0.225 e. The van der Waals surface area contributed by atoms with Crippen molar-refractivity contribution in [3.8, 4) is 0 Å². The normalized spacial score (nSPS) is 11.6. The Kier molecular flexibility index (Phi) is 4.46. The second-order valence-electron chi connectivity index (χ2n) is 5.04. The topological polar surface area (TPSA) is 41.1 Å². The summed E-state index contributed by atoms with van der Waals surface area (Å²) >= 11 is 0. The summed E-state index contributed by atoms with van der Waals surface area (Å²) in [6.07, 6.45) is 2.97. The Balaban J connectivity index is 2.97. The van der Waals surface area contributed by atoms with E-state index in [-0.39, 0.29) is 5.54 Å². The van der Waals surface area contributed by atoms with Crippen LogP contribution in [0.1, 0.15) is 38.4 Å². The van der Waals surface area contributed by atoms with E-state index in [0.29, 0.717) is 0 Å². The standard InChI is InChI=1S/C13H24N4/c1-7-13(3,4)17(6)12-15-9-11(8-14-5)10(2)16-12/h9,14H,7-8H2,1-6H3. The summed E-state index contributed by atoms with van der Waals surface area (Å²) in [5.74, 6) is 0.800. The van der Waals surface area contributed by atoms with Crippen molar-refractivity contribution in [1.82, 2.24) is 15.3 Å². The van der Waals surface area contributed by atoms with Gasteiger partial charge in [-0.1, -0.05) is 6.92 Å². The molecule has 1 heterocycles. The van der Waals surface area contributed by atoms with Gasteiger partial charge in [-0.25, -0.2) is 9.97 Å². The number of nitrogens with zero attached hydrogens (tertiary/aromatic N) is 3. The van der Waals surface area contributed by atoms with E-state index >= 15 is 0 Å². The summed E-state index contributed by atoms with van der Waals surface area (Å²) in [5.41, 5.74) is 2.28. The third-order valence-corrected chi connectivity index (χ3v) is 3.51. The van der Waals surface area contributed by atoms with Crippen LogP contribution in [0.3, 0.4) is 0 Å². The lowest BCUT2D eigenvalue weighted by atomic mass is 10.0. The van der Waals surface area contributed by atoms with Crippen molar-refractivity contribution in [2.24, 2.45) is 0 Å². The molecular weight excluding hydrogens is 212 g/mol. The van der Waals surface area contributed by atoms with E-state index in [4.69, 9.17) is 0 Å². The number of rotatable bonds is 5. The van der Waals surface area contributed by atoms with Crippen molar-refractivity contribution >= 4 is 5.95 Å². The highest BCUT2D eigenvalue weighted by Crippen LogP contribution is 2.21. The predicted molar refractivity (Wildman–Crippen MR) is 72.3 cm³/mol. The first-order valence-corrected chi connectivity index (χ1v) is 6.13. The Morgan fingerprint density at radius 3 is 2.53 bits per heavy atom. The van der Waals surface area contributed by atoms with Gasteiger partial charge in [0.15, 0.2) is 0 Å². The number of aromatic nitrogens is 2. The monoisotopic (exact) mass is 236 g/mol. The minimum absolute atomic E-state index is 0.0803. The third kappa shape index (κ3) is 3.16. The SMILES string of the molecule is CCC(C)(C)N(C)c1ncc(CNC)c(C)n1. The number of hydrogen-bond acceptors (Lipinski definition) is 4. The third-order valence-electron chi connectivity index (χ3n) is 3.51. The lowest BCUT2D eigenvalue weighted by Gasteiger charge is -2.35. The number of aryl methyl sites for hydroxylation is 1. The molecule has 0 spiro atoms. The molecule has 0 fully saturated rings. The van der Waals surface area contributed by atoms with Crippen molar-refractivity contribution < 1.29 is 0 Å². The van der Waals surface area contributed by atoms with Gasteiger partial charge >= 0.3 is 0 Å². The van der Waals surface area contributed by atoms with Crippen LogP contribution in [-0.4, -0.2) is 29.6 Å². The fourth-order valence-electron chi connectivity index (χ4n) is 1.51. The van der Waals surface area contributed by atoms with Crippen molar-refractivity contribution in [2.75, 3.05) is 19.0 Å². The molecule has 0 radical (unpaired) electrons. The molecule has 4 nitrogen and oxygen atoms in total. The van der Waals surface area contributed by atoms with Gasteiger partial charge in [-0.3, -0.25) is 0 Å². The number of anilines is 1. The molecule has 4 heteroatoms. The molecule has 96 valence electrons. The zero-order valence-electron chi connectivity index (χ0n) is 11.8. The van der Waals surface area contributed by atoms with Crippen LogP contribution in [0.15, 0.2) is 6.20 Å². The maximum atomic E-state index is 4.58. The minimum Gasteiger partial charge on any atom is -0.339 e. The molecule has 1 N–H and O–H groups in total. The first-order valence-electron chi connectivity index (χ1n) is 6.13. The second-order valence-corrected chi connectivity index (χ2v) is 5.04. The molecule has 0 aliphatic rings. The lowest BCUT2D eigenvalue weighted by molar-refractivity contribution is 0.462. The maximum absolute atomic E-state index is 4.58. The van der Waals surface area contributed by atoms with E-state index in [0.717, 1.165) is 30.2 Å². The molecule has 0 bridgehead atoms. The largest absolute Gasteiger partial charge is 0.339 e. The van der Waals surface area contributed by atoms with Crippen LogP contribution in [0.4, 0.5) is 5.95 Å². The highest BCUT2D eigenvalue weighted by Gasteiger charge is 2.23. The lowest BCUT2D eigenvalue weighted by Crippen LogP contribution is -2.41. The van der Waals surface area contributed by atoms with Crippen molar-refractivity contribution in [1.29, 1.82) is 0 Å². The molecule has 0 aliphatic carbocycles. The average molecular weight is 236 g/mol. The quantitative estimate of drug-likeness (QED) is 0.850. The van der Waals surface area contributed by atoms with Crippen LogP contribution in [0.25, 0.3) is 0 Å². The Bertz CT molecular complexity index is 374. The number of hydrogen-bond donors (Lipinski definition) is 1. The average Bonchev–Trinajstić information content (AvgIpc) is 2.31. The van der Waals surface area contributed by atoms with E-state index in [1.807, 2.05) is 20.2 Å². The molecule has 0 unspecified atom stereocenters. The predicted octanol–water partition coefficient (Wildman–Crippen LogP) is 2.13. The van der Waals surface area contributed by atoms with Gasteiger partial charge in [-0.2, -0.15) is 0 Å². The Morgan fingerprint density at radius 2 is 2.06 bits per heavy atom. The van der Waals surface area contributed by atoms with Gasteiger partial charge in [-0.05, 0) is 34.2 Å². The van der Waals surface area contributed by atoms with Crippen LogP contribution in [0.2, 0.25) is 0 Å². The molecule has 0 aliphatic heterocycles. The summed E-state index contributed by atoms with van der Waals surface area (Å²) in [5, 5.41) is 3.12. The van der Waals surface area contributed by atoms with Crippen LogP contribution in [-0.2, 0) is 6.54 Å². The van der Waals surface area contributed by atoms with E-state index in [1.54, 1.807) is 0 Å². The minimum atomic E-state index is 0.0803. The van der Waals surface area contributed by atoms with Gasteiger partial charge in [0, 0.05) is 36.6 Å². The molecular formula is C13H24N4. The second kappa shape index (κ2) is 5.45. The Labute approximate surface area is 104 Å². The molecule has 0 saturated carbocycles. The maximum Gasteiger partial charge on any atom is 0.225 e. The van der Waals surface area contributed by atoms with Gasteiger partial charge in [0.2, 0.25) is 5.95 Å². The van der Waals surface area contributed by atoms with Crippen LogP contribution in [0.5, 0.6) is 0 Å². The van der Waals surface area contributed by atoms with Crippen molar-refractivity contribution in [3.63, 3.8) is 0 Å². The van der Waals surface area contributed by atoms with Gasteiger partial charge in [-0.15, -0.1) is 0 Å². The Morgan fingerprint density at radius 1 is 1.41 bits per heavy atom. The highest BCUT2D eigenvalue weighted by molar-refractivity contribution is 5.35. The van der Waals surface area contributed by atoms with E-state index < -0.39 is 0 Å². The van der Waals surface area contributed by atoms with Gasteiger partial charge in [0.05, 0.1) is 0 Å². The highest BCUT2D eigenvalue weighted by atomic mass is 15.3. The number of nitrogens with one attached hydrogen (secondary N) is 1. The van der Waals surface area contributed by atoms with E-state index in [1.165, 1.54) is 0 Å². The van der Waals surface area contributed by atoms with Gasteiger partial charge in [0.25, 0.3) is 0 Å². The summed E-state index contributed by atoms with van der Waals surface area (Å²) in [6.45, 7) is 9.43. The molecule has 0 saturated heterocycles. The first-order chi connectivity index (χ1) is 7.92. The molecule has 0 atom stereocenters. The Hall–Kier alpha value is -1.16. The van der Waals surface area contributed by atoms with E-state index in [2.05, 4.69) is 48.0 Å². The van der Waals surface area contributed by atoms with Crippen molar-refractivity contribution in [2.45, 2.75) is 46.2 Å². The zero-order valence-corrected chi connectivity index (χ0v) is 11.8. The molecule has 17 heavy (non-hydrogen) atoms.